The van der Waals surface area contributed by atoms with Crippen LogP contribution >= 0.6 is 0 Å². The molecule has 0 aliphatic rings. The van der Waals surface area contributed by atoms with Gasteiger partial charge in [-0.1, -0.05) is 78.4 Å². The molecule has 0 saturated carbocycles. The number of rotatable bonds is 7. The summed E-state index contributed by atoms with van der Waals surface area (Å²) >= 11 is 0. The average molecular weight is 384 g/mol. The van der Waals surface area contributed by atoms with Crippen molar-refractivity contribution in [1.29, 1.82) is 0 Å². The molecule has 0 bridgehead atoms. The fourth-order valence-electron chi connectivity index (χ4n) is 2.83. The van der Waals surface area contributed by atoms with Crippen LogP contribution in [0.5, 0.6) is 0 Å². The zero-order valence-corrected chi connectivity index (χ0v) is 16.4. The van der Waals surface area contributed by atoms with Gasteiger partial charge in [-0.15, -0.1) is 0 Å². The number of carbonyl (C=O) groups excluding carboxylic acids is 2. The first-order valence-corrected chi connectivity index (χ1v) is 9.59. The molecule has 4 nitrogen and oxygen atoms in total. The Morgan fingerprint density at radius 1 is 0.828 bits per heavy atom. The van der Waals surface area contributed by atoms with Crippen LogP contribution in [0.25, 0.3) is 6.08 Å². The van der Waals surface area contributed by atoms with Crippen LogP contribution in [-0.2, 0) is 11.2 Å². The normalized spacial score (nSPS) is 11.0. The number of hydrogen-bond donors (Lipinski definition) is 2. The summed E-state index contributed by atoms with van der Waals surface area (Å²) in [7, 11) is 0. The van der Waals surface area contributed by atoms with E-state index in [1.54, 1.807) is 18.2 Å². The quantitative estimate of drug-likeness (QED) is 0.602. The van der Waals surface area contributed by atoms with Crippen molar-refractivity contribution >= 4 is 17.9 Å². The molecule has 3 aromatic rings. The maximum absolute atomic E-state index is 12.8. The second kappa shape index (κ2) is 10.0. The van der Waals surface area contributed by atoms with Crippen LogP contribution in [0.15, 0.2) is 90.6 Å². The molecule has 0 unspecified atom stereocenters. The zero-order chi connectivity index (χ0) is 20.5. The Labute approximate surface area is 171 Å². The molecular formula is C25H24N2O2. The highest BCUT2D eigenvalue weighted by Gasteiger charge is 2.14. The molecule has 0 aliphatic heterocycles. The lowest BCUT2D eigenvalue weighted by molar-refractivity contribution is -0.117. The van der Waals surface area contributed by atoms with E-state index < -0.39 is 0 Å². The molecule has 2 amide bonds. The molecule has 0 spiro atoms. The van der Waals surface area contributed by atoms with Gasteiger partial charge in [-0.05, 0) is 42.7 Å². The van der Waals surface area contributed by atoms with Gasteiger partial charge in [-0.25, -0.2) is 0 Å². The van der Waals surface area contributed by atoms with E-state index in [0.29, 0.717) is 12.1 Å². The van der Waals surface area contributed by atoms with Gasteiger partial charge in [-0.2, -0.15) is 0 Å². The molecule has 0 atom stereocenters. The highest BCUT2D eigenvalue weighted by molar-refractivity contribution is 6.05. The third-order valence-corrected chi connectivity index (χ3v) is 4.46. The number of benzene rings is 3. The topological polar surface area (TPSA) is 58.2 Å². The molecule has 0 saturated heterocycles. The largest absolute Gasteiger partial charge is 0.350 e. The van der Waals surface area contributed by atoms with Crippen molar-refractivity contribution in [1.82, 2.24) is 10.6 Å². The maximum atomic E-state index is 12.8. The van der Waals surface area contributed by atoms with Crippen LogP contribution in [0.1, 0.15) is 27.0 Å². The van der Waals surface area contributed by atoms with Gasteiger partial charge in [0, 0.05) is 12.1 Å². The second-order valence-corrected chi connectivity index (χ2v) is 6.78. The van der Waals surface area contributed by atoms with E-state index in [1.165, 1.54) is 0 Å². The number of aryl methyl sites for hydroxylation is 1. The summed E-state index contributed by atoms with van der Waals surface area (Å²) < 4.78 is 0. The minimum atomic E-state index is -0.315. The summed E-state index contributed by atoms with van der Waals surface area (Å²) in [5, 5.41) is 5.66. The summed E-state index contributed by atoms with van der Waals surface area (Å²) in [5.74, 6) is -0.629. The summed E-state index contributed by atoms with van der Waals surface area (Å²) in [6, 6.07) is 26.6. The highest BCUT2D eigenvalue weighted by atomic mass is 16.2. The number of nitrogens with one attached hydrogen (secondary N) is 2. The number of amides is 2. The van der Waals surface area contributed by atoms with Gasteiger partial charge in [0.15, 0.2) is 0 Å². The van der Waals surface area contributed by atoms with Crippen molar-refractivity contribution < 1.29 is 9.59 Å². The van der Waals surface area contributed by atoms with Gasteiger partial charge < -0.3 is 10.6 Å². The number of carbonyl (C=O) groups is 2. The molecule has 4 heteroatoms. The standard InChI is InChI=1S/C25H24N2O2/c1-19-12-14-22(15-13-19)24(28)27-23(18-21-10-6-3-7-11-21)25(29)26-17-16-20-8-4-2-5-9-20/h2-15,18H,16-17H2,1H3,(H,26,29)(H,27,28). The van der Waals surface area contributed by atoms with Gasteiger partial charge in [-0.3, -0.25) is 9.59 Å². The van der Waals surface area contributed by atoms with Crippen LogP contribution < -0.4 is 10.6 Å². The molecule has 29 heavy (non-hydrogen) atoms. The lowest BCUT2D eigenvalue weighted by Crippen LogP contribution is -2.35. The van der Waals surface area contributed by atoms with E-state index in [1.807, 2.05) is 79.7 Å². The lowest BCUT2D eigenvalue weighted by Gasteiger charge is -2.11. The zero-order valence-electron chi connectivity index (χ0n) is 16.4. The van der Waals surface area contributed by atoms with Crippen LogP contribution in [-0.4, -0.2) is 18.4 Å². The van der Waals surface area contributed by atoms with E-state index in [0.717, 1.165) is 23.1 Å². The average Bonchev–Trinajstić information content (AvgIpc) is 2.75. The Hall–Kier alpha value is -3.66. The molecule has 0 aromatic heterocycles. The first-order valence-electron chi connectivity index (χ1n) is 9.59. The van der Waals surface area contributed by atoms with Gasteiger partial charge in [0.1, 0.15) is 5.70 Å². The van der Waals surface area contributed by atoms with Crippen LogP contribution in [0, 0.1) is 6.92 Å². The van der Waals surface area contributed by atoms with Crippen LogP contribution in [0.4, 0.5) is 0 Å². The Morgan fingerprint density at radius 3 is 2.10 bits per heavy atom. The van der Waals surface area contributed by atoms with Gasteiger partial charge in [0.25, 0.3) is 11.8 Å². The lowest BCUT2D eigenvalue weighted by atomic mass is 10.1. The summed E-state index contributed by atoms with van der Waals surface area (Å²) in [6.45, 7) is 2.44. The third kappa shape index (κ3) is 6.18. The molecule has 0 heterocycles. The Bertz CT molecular complexity index is 978. The fraction of sp³-hybridized carbons (Fsp3) is 0.120. The first kappa shape index (κ1) is 20.1. The van der Waals surface area contributed by atoms with E-state index in [9.17, 15) is 9.59 Å². The van der Waals surface area contributed by atoms with Crippen molar-refractivity contribution in [2.45, 2.75) is 13.3 Å². The Kier molecular flexibility index (Phi) is 6.95. The van der Waals surface area contributed by atoms with E-state index in [-0.39, 0.29) is 17.5 Å². The summed E-state index contributed by atoms with van der Waals surface area (Å²) in [6.07, 6.45) is 2.40. The van der Waals surface area contributed by atoms with Crippen molar-refractivity contribution in [3.8, 4) is 0 Å². The Morgan fingerprint density at radius 2 is 1.45 bits per heavy atom. The van der Waals surface area contributed by atoms with E-state index in [2.05, 4.69) is 10.6 Å². The first-order chi connectivity index (χ1) is 14.1. The molecule has 0 fully saturated rings. The minimum absolute atomic E-state index is 0.217. The van der Waals surface area contributed by atoms with Gasteiger partial charge >= 0.3 is 0 Å². The summed E-state index contributed by atoms with van der Waals surface area (Å²) in [5.41, 5.74) is 3.77. The van der Waals surface area contributed by atoms with E-state index >= 15 is 0 Å². The molecule has 3 rings (SSSR count). The molecule has 0 radical (unpaired) electrons. The monoisotopic (exact) mass is 384 g/mol. The smallest absolute Gasteiger partial charge is 0.267 e. The van der Waals surface area contributed by atoms with Crippen LogP contribution in [0.2, 0.25) is 0 Å². The second-order valence-electron chi connectivity index (χ2n) is 6.78. The maximum Gasteiger partial charge on any atom is 0.267 e. The molecule has 2 N–H and O–H groups in total. The van der Waals surface area contributed by atoms with E-state index in [4.69, 9.17) is 0 Å². The highest BCUT2D eigenvalue weighted by Crippen LogP contribution is 2.08. The van der Waals surface area contributed by atoms with Gasteiger partial charge in [0.05, 0.1) is 0 Å². The predicted molar refractivity (Wildman–Crippen MR) is 116 cm³/mol. The number of hydrogen-bond acceptors (Lipinski definition) is 2. The predicted octanol–water partition coefficient (Wildman–Crippen LogP) is 4.12. The minimum Gasteiger partial charge on any atom is -0.350 e. The van der Waals surface area contributed by atoms with Crippen molar-refractivity contribution in [2.75, 3.05) is 6.54 Å². The molecule has 146 valence electrons. The molecule has 0 aliphatic carbocycles. The Balaban J connectivity index is 1.72. The van der Waals surface area contributed by atoms with Gasteiger partial charge in [0.2, 0.25) is 0 Å². The van der Waals surface area contributed by atoms with Crippen molar-refractivity contribution in [2.24, 2.45) is 0 Å². The fourth-order valence-corrected chi connectivity index (χ4v) is 2.83. The van der Waals surface area contributed by atoms with Crippen molar-refractivity contribution in [3.05, 3.63) is 113 Å². The SMILES string of the molecule is Cc1ccc(C(=O)NC(=Cc2ccccc2)C(=O)NCCc2ccccc2)cc1. The summed E-state index contributed by atoms with van der Waals surface area (Å²) in [4.78, 5) is 25.4. The van der Waals surface area contributed by atoms with Crippen LogP contribution in [0.3, 0.4) is 0 Å². The molecular weight excluding hydrogens is 360 g/mol. The third-order valence-electron chi connectivity index (χ3n) is 4.46. The molecule has 3 aromatic carbocycles. The van der Waals surface area contributed by atoms with Crippen molar-refractivity contribution in [3.63, 3.8) is 0 Å².